The van der Waals surface area contributed by atoms with E-state index < -0.39 is 0 Å². The third kappa shape index (κ3) is 2.25. The van der Waals surface area contributed by atoms with Crippen LogP contribution in [0.3, 0.4) is 0 Å². The van der Waals surface area contributed by atoms with Gasteiger partial charge in [-0.25, -0.2) is 9.78 Å². The average molecular weight is 262 g/mol. The molecule has 0 spiro atoms. The molecule has 0 aliphatic heterocycles. The minimum Gasteiger partial charge on any atom is -0.336 e. The Morgan fingerprint density at radius 1 is 1.37 bits per heavy atom. The van der Waals surface area contributed by atoms with Crippen LogP contribution >= 0.6 is 0 Å². The first-order valence-corrected chi connectivity index (χ1v) is 6.41. The molecule has 102 valence electrons. The highest BCUT2D eigenvalue weighted by Gasteiger charge is 2.15. The van der Waals surface area contributed by atoms with Gasteiger partial charge in [0.25, 0.3) is 5.56 Å². The summed E-state index contributed by atoms with van der Waals surface area (Å²) in [5, 5.41) is 0. The van der Waals surface area contributed by atoms with E-state index in [0.717, 1.165) is 12.8 Å². The van der Waals surface area contributed by atoms with Crippen molar-refractivity contribution in [1.29, 1.82) is 0 Å². The molecule has 0 bridgehead atoms. The van der Waals surface area contributed by atoms with Gasteiger partial charge < -0.3 is 4.98 Å². The van der Waals surface area contributed by atoms with Crippen LogP contribution in [0, 0.1) is 6.92 Å². The van der Waals surface area contributed by atoms with Crippen molar-refractivity contribution in [2.24, 2.45) is 0 Å². The molecular formula is C13H18N4O2. The van der Waals surface area contributed by atoms with Crippen molar-refractivity contribution < 1.29 is 0 Å². The quantitative estimate of drug-likeness (QED) is 0.822. The standard InChI is InChI=1S/C13H18N4O2/c1-4-6-8-17-12(18)10-11(15-9(3)14-10)16(7-5-2)13(17)19/h5H,2,4,6-8H2,1,3H3,(H,14,15). The van der Waals surface area contributed by atoms with Crippen LogP contribution in [-0.4, -0.2) is 19.1 Å². The second kappa shape index (κ2) is 5.26. The lowest BCUT2D eigenvalue weighted by atomic mass is 10.3. The monoisotopic (exact) mass is 262 g/mol. The number of nitrogens with one attached hydrogen (secondary N) is 1. The van der Waals surface area contributed by atoms with Crippen LogP contribution in [0.25, 0.3) is 11.2 Å². The fourth-order valence-electron chi connectivity index (χ4n) is 2.09. The molecule has 0 aliphatic carbocycles. The molecule has 2 aromatic heterocycles. The predicted octanol–water partition coefficient (Wildman–Crippen LogP) is 1.18. The minimum atomic E-state index is -0.322. The van der Waals surface area contributed by atoms with Gasteiger partial charge in [-0.2, -0.15) is 0 Å². The lowest BCUT2D eigenvalue weighted by molar-refractivity contribution is 0.559. The van der Waals surface area contributed by atoms with E-state index in [9.17, 15) is 9.59 Å². The summed E-state index contributed by atoms with van der Waals surface area (Å²) in [6.45, 7) is 8.19. The Hall–Kier alpha value is -2.11. The fourth-order valence-corrected chi connectivity index (χ4v) is 2.09. The molecule has 0 aliphatic rings. The summed E-state index contributed by atoms with van der Waals surface area (Å²) in [4.78, 5) is 31.8. The van der Waals surface area contributed by atoms with E-state index >= 15 is 0 Å². The summed E-state index contributed by atoms with van der Waals surface area (Å²) in [5.41, 5.74) is 0.168. The largest absolute Gasteiger partial charge is 0.336 e. The number of imidazole rings is 1. The number of aromatic amines is 1. The number of fused-ring (bicyclic) bond motifs is 1. The summed E-state index contributed by atoms with van der Waals surface area (Å²) in [6.07, 6.45) is 3.34. The van der Waals surface area contributed by atoms with Crippen LogP contribution in [0.2, 0.25) is 0 Å². The molecule has 0 unspecified atom stereocenters. The first-order valence-electron chi connectivity index (χ1n) is 6.41. The van der Waals surface area contributed by atoms with Gasteiger partial charge in [0.1, 0.15) is 11.3 Å². The molecule has 0 atom stereocenters. The molecule has 6 nitrogen and oxygen atoms in total. The SMILES string of the molecule is C=CCn1c(=O)n(CCCC)c(=O)c2[nH]c(C)nc21. The molecule has 19 heavy (non-hydrogen) atoms. The minimum absolute atomic E-state index is 0.297. The molecule has 2 heterocycles. The number of allylic oxidation sites excluding steroid dienone is 1. The third-order valence-electron chi connectivity index (χ3n) is 3.03. The smallest absolute Gasteiger partial charge is 0.333 e. The van der Waals surface area contributed by atoms with E-state index in [1.807, 2.05) is 6.92 Å². The lowest BCUT2D eigenvalue weighted by Crippen LogP contribution is -2.40. The number of unbranched alkanes of at least 4 members (excludes halogenated alkanes) is 1. The first-order chi connectivity index (χ1) is 9.10. The Morgan fingerprint density at radius 2 is 2.11 bits per heavy atom. The van der Waals surface area contributed by atoms with Crippen molar-refractivity contribution in [2.75, 3.05) is 0 Å². The van der Waals surface area contributed by atoms with Crippen LogP contribution < -0.4 is 11.2 Å². The normalized spacial score (nSPS) is 11.1. The van der Waals surface area contributed by atoms with Crippen molar-refractivity contribution in [3.8, 4) is 0 Å². The van der Waals surface area contributed by atoms with Crippen LogP contribution in [-0.2, 0) is 13.1 Å². The van der Waals surface area contributed by atoms with Crippen LogP contribution in [0.4, 0.5) is 0 Å². The molecule has 0 amide bonds. The highest BCUT2D eigenvalue weighted by molar-refractivity contribution is 5.69. The summed E-state index contributed by atoms with van der Waals surface area (Å²) in [5.74, 6) is 0.623. The molecular weight excluding hydrogens is 244 g/mol. The highest BCUT2D eigenvalue weighted by Crippen LogP contribution is 2.05. The van der Waals surface area contributed by atoms with Crippen molar-refractivity contribution in [2.45, 2.75) is 39.8 Å². The summed E-state index contributed by atoms with van der Waals surface area (Å²) >= 11 is 0. The van der Waals surface area contributed by atoms with Crippen LogP contribution in [0.1, 0.15) is 25.6 Å². The molecule has 0 saturated heterocycles. The zero-order valence-corrected chi connectivity index (χ0v) is 11.3. The fraction of sp³-hybridized carbons (Fsp3) is 0.462. The van der Waals surface area contributed by atoms with Gasteiger partial charge in [0.15, 0.2) is 5.65 Å². The molecule has 0 fully saturated rings. The molecule has 6 heteroatoms. The Kier molecular flexibility index (Phi) is 3.69. The zero-order valence-electron chi connectivity index (χ0n) is 11.3. The van der Waals surface area contributed by atoms with Gasteiger partial charge in [-0.15, -0.1) is 6.58 Å². The second-order valence-electron chi connectivity index (χ2n) is 4.51. The molecule has 0 aromatic carbocycles. The van der Waals surface area contributed by atoms with Crippen molar-refractivity contribution in [3.63, 3.8) is 0 Å². The molecule has 0 saturated carbocycles. The lowest BCUT2D eigenvalue weighted by Gasteiger charge is -2.08. The van der Waals surface area contributed by atoms with Gasteiger partial charge in [0.2, 0.25) is 0 Å². The number of hydrogen-bond donors (Lipinski definition) is 1. The van der Waals surface area contributed by atoms with E-state index in [1.54, 1.807) is 13.0 Å². The highest BCUT2D eigenvalue weighted by atomic mass is 16.2. The Labute approximate surface area is 110 Å². The number of nitrogens with zero attached hydrogens (tertiary/aromatic N) is 3. The Balaban J connectivity index is 2.78. The van der Waals surface area contributed by atoms with Crippen LogP contribution in [0.5, 0.6) is 0 Å². The van der Waals surface area contributed by atoms with Crippen LogP contribution in [0.15, 0.2) is 22.2 Å². The molecule has 2 rings (SSSR count). The number of rotatable bonds is 5. The summed E-state index contributed by atoms with van der Waals surface area (Å²) < 4.78 is 2.75. The maximum Gasteiger partial charge on any atom is 0.333 e. The first kappa shape index (κ1) is 13.3. The summed E-state index contributed by atoms with van der Waals surface area (Å²) in [7, 11) is 0. The predicted molar refractivity (Wildman–Crippen MR) is 74.5 cm³/mol. The van der Waals surface area contributed by atoms with E-state index in [4.69, 9.17) is 0 Å². The number of H-pyrrole nitrogens is 1. The molecule has 0 radical (unpaired) electrons. The zero-order chi connectivity index (χ0) is 14.0. The third-order valence-corrected chi connectivity index (χ3v) is 3.03. The molecule has 1 N–H and O–H groups in total. The van der Waals surface area contributed by atoms with Gasteiger partial charge in [-0.1, -0.05) is 19.4 Å². The number of aromatic nitrogens is 4. The Bertz CT molecular complexity index is 721. The maximum atomic E-state index is 12.3. The van der Waals surface area contributed by atoms with Gasteiger partial charge in [0.05, 0.1) is 0 Å². The van der Waals surface area contributed by atoms with E-state index in [2.05, 4.69) is 16.5 Å². The Morgan fingerprint density at radius 3 is 2.74 bits per heavy atom. The number of hydrogen-bond acceptors (Lipinski definition) is 3. The van der Waals surface area contributed by atoms with Gasteiger partial charge in [-0.3, -0.25) is 13.9 Å². The van der Waals surface area contributed by atoms with Gasteiger partial charge in [-0.05, 0) is 13.3 Å². The van der Waals surface area contributed by atoms with Gasteiger partial charge >= 0.3 is 5.69 Å². The summed E-state index contributed by atoms with van der Waals surface area (Å²) in [6, 6.07) is 0. The van der Waals surface area contributed by atoms with E-state index in [-0.39, 0.29) is 11.2 Å². The number of aryl methyl sites for hydroxylation is 1. The second-order valence-corrected chi connectivity index (χ2v) is 4.51. The molecule has 2 aromatic rings. The van der Waals surface area contributed by atoms with Crippen molar-refractivity contribution >= 4 is 11.2 Å². The van der Waals surface area contributed by atoms with E-state index in [0.29, 0.717) is 30.1 Å². The topological polar surface area (TPSA) is 72.7 Å². The average Bonchev–Trinajstić information content (AvgIpc) is 2.76. The van der Waals surface area contributed by atoms with Crippen molar-refractivity contribution in [3.05, 3.63) is 39.3 Å². The van der Waals surface area contributed by atoms with Crippen molar-refractivity contribution in [1.82, 2.24) is 19.1 Å². The van der Waals surface area contributed by atoms with Gasteiger partial charge in [0, 0.05) is 13.1 Å². The maximum absolute atomic E-state index is 12.3. The van der Waals surface area contributed by atoms with E-state index in [1.165, 1.54) is 9.13 Å².